The third-order valence-electron chi connectivity index (χ3n) is 3.68. The maximum absolute atomic E-state index is 12.7. The monoisotopic (exact) mass is 298 g/mol. The van der Waals surface area contributed by atoms with Crippen LogP contribution in [0.4, 0.5) is 5.69 Å². The molecule has 1 aromatic carbocycles. The molecule has 1 N–H and O–H groups in total. The molecule has 4 nitrogen and oxygen atoms in total. The average molecular weight is 298 g/mol. The second-order valence-electron chi connectivity index (χ2n) is 5.49. The molecule has 0 aliphatic heterocycles. The fourth-order valence-electron chi connectivity index (χ4n) is 2.32. The molecule has 0 aromatic heterocycles. The number of rotatable bonds is 6. The Labute approximate surface area is 123 Å². The van der Waals surface area contributed by atoms with Gasteiger partial charge in [0.05, 0.1) is 4.90 Å². The molecule has 0 aliphatic carbocycles. The van der Waals surface area contributed by atoms with E-state index < -0.39 is 10.0 Å². The van der Waals surface area contributed by atoms with Gasteiger partial charge in [0.25, 0.3) is 0 Å². The van der Waals surface area contributed by atoms with Crippen molar-refractivity contribution >= 4 is 15.7 Å². The highest BCUT2D eigenvalue weighted by Gasteiger charge is 2.25. The quantitative estimate of drug-likeness (QED) is 0.878. The lowest BCUT2D eigenvalue weighted by Gasteiger charge is -2.23. The minimum absolute atomic E-state index is 0.354. The van der Waals surface area contributed by atoms with E-state index in [1.165, 1.54) is 4.31 Å². The Kier molecular flexibility index (Phi) is 5.59. The van der Waals surface area contributed by atoms with Gasteiger partial charge in [-0.25, -0.2) is 12.7 Å². The zero-order chi connectivity index (χ0) is 15.5. The highest BCUT2D eigenvalue weighted by molar-refractivity contribution is 7.89. The number of benzene rings is 1. The Morgan fingerprint density at radius 3 is 2.15 bits per heavy atom. The van der Waals surface area contributed by atoms with E-state index in [9.17, 15) is 8.42 Å². The molecule has 114 valence electrons. The molecule has 0 spiro atoms. The third-order valence-corrected chi connectivity index (χ3v) is 5.81. The number of anilines is 1. The van der Waals surface area contributed by atoms with Gasteiger partial charge >= 0.3 is 0 Å². The van der Waals surface area contributed by atoms with Gasteiger partial charge < -0.3 is 5.32 Å². The van der Waals surface area contributed by atoms with Crippen LogP contribution in [0, 0.1) is 19.8 Å². The van der Waals surface area contributed by atoms with Gasteiger partial charge in [0, 0.05) is 26.3 Å². The molecule has 0 saturated carbocycles. The van der Waals surface area contributed by atoms with Crippen molar-refractivity contribution in [2.45, 2.75) is 39.0 Å². The minimum Gasteiger partial charge on any atom is -0.388 e. The van der Waals surface area contributed by atoms with Crippen LogP contribution in [0.5, 0.6) is 0 Å². The molecule has 1 atom stereocenters. The molecule has 0 heterocycles. The van der Waals surface area contributed by atoms with Crippen LogP contribution in [0.25, 0.3) is 0 Å². The van der Waals surface area contributed by atoms with Crippen molar-refractivity contribution in [1.82, 2.24) is 4.31 Å². The molecular formula is C15H26N2O2S. The van der Waals surface area contributed by atoms with Crippen molar-refractivity contribution in [3.8, 4) is 0 Å². The zero-order valence-electron chi connectivity index (χ0n) is 13.3. The van der Waals surface area contributed by atoms with Gasteiger partial charge in [-0.2, -0.15) is 0 Å². The fourth-order valence-corrected chi connectivity index (χ4v) is 4.02. The van der Waals surface area contributed by atoms with Crippen molar-refractivity contribution in [2.24, 2.45) is 5.92 Å². The van der Waals surface area contributed by atoms with E-state index in [0.717, 1.165) is 23.2 Å². The van der Waals surface area contributed by atoms with Gasteiger partial charge in [0.2, 0.25) is 10.0 Å². The van der Waals surface area contributed by atoms with Gasteiger partial charge in [-0.3, -0.25) is 0 Å². The molecule has 5 heteroatoms. The predicted molar refractivity (Wildman–Crippen MR) is 84.7 cm³/mol. The smallest absolute Gasteiger partial charge is 0.243 e. The Balaban J connectivity index is 3.22. The summed E-state index contributed by atoms with van der Waals surface area (Å²) in [5, 5.41) is 3.05. The SMILES string of the molecule is CCC(C)CN(C)S(=O)(=O)c1c(C)cc(NC)cc1C. The first-order valence-electron chi connectivity index (χ1n) is 6.99. The number of hydrogen-bond acceptors (Lipinski definition) is 3. The van der Waals surface area contributed by atoms with Crippen LogP contribution in [0.15, 0.2) is 17.0 Å². The Morgan fingerprint density at radius 2 is 1.75 bits per heavy atom. The molecule has 0 fully saturated rings. The van der Waals surface area contributed by atoms with Crippen molar-refractivity contribution in [3.63, 3.8) is 0 Å². The molecule has 1 unspecified atom stereocenters. The van der Waals surface area contributed by atoms with Crippen LogP contribution < -0.4 is 5.32 Å². The molecule has 0 bridgehead atoms. The number of hydrogen-bond donors (Lipinski definition) is 1. The zero-order valence-corrected chi connectivity index (χ0v) is 14.1. The van der Waals surface area contributed by atoms with Crippen molar-refractivity contribution in [2.75, 3.05) is 26.0 Å². The third kappa shape index (κ3) is 3.52. The summed E-state index contributed by atoms with van der Waals surface area (Å²) in [5.74, 6) is 0.354. The molecule has 1 rings (SSSR count). The van der Waals surface area contributed by atoms with Crippen molar-refractivity contribution in [3.05, 3.63) is 23.3 Å². The molecule has 1 aromatic rings. The summed E-state index contributed by atoms with van der Waals surface area (Å²) in [5.41, 5.74) is 2.50. The number of nitrogens with one attached hydrogen (secondary N) is 1. The lowest BCUT2D eigenvalue weighted by molar-refractivity contribution is 0.393. The summed E-state index contributed by atoms with van der Waals surface area (Å²) in [6.07, 6.45) is 0.969. The van der Waals surface area contributed by atoms with Crippen molar-refractivity contribution < 1.29 is 8.42 Å². The maximum atomic E-state index is 12.7. The fraction of sp³-hybridized carbons (Fsp3) is 0.600. The lowest BCUT2D eigenvalue weighted by Crippen LogP contribution is -2.32. The minimum atomic E-state index is -3.42. The molecule has 0 saturated heterocycles. The average Bonchev–Trinajstić information content (AvgIpc) is 2.36. The van der Waals surface area contributed by atoms with E-state index in [4.69, 9.17) is 0 Å². The largest absolute Gasteiger partial charge is 0.388 e. The van der Waals surface area contributed by atoms with Crippen LogP contribution in [-0.4, -0.2) is 33.4 Å². The van der Waals surface area contributed by atoms with Gasteiger partial charge in [0.1, 0.15) is 0 Å². The summed E-state index contributed by atoms with van der Waals surface area (Å²) < 4.78 is 26.9. The van der Waals surface area contributed by atoms with E-state index in [2.05, 4.69) is 19.2 Å². The van der Waals surface area contributed by atoms with Gasteiger partial charge in [-0.15, -0.1) is 0 Å². The molecule has 20 heavy (non-hydrogen) atoms. The standard InChI is InChI=1S/C15H26N2O2S/c1-7-11(2)10-17(6)20(18,19)15-12(3)8-14(16-5)9-13(15)4/h8-9,11,16H,7,10H2,1-6H3. The van der Waals surface area contributed by atoms with E-state index in [1.54, 1.807) is 7.05 Å². The van der Waals surface area contributed by atoms with Gasteiger partial charge in [-0.05, 0) is 43.0 Å². The lowest BCUT2D eigenvalue weighted by atomic mass is 10.1. The van der Waals surface area contributed by atoms with Crippen LogP contribution in [0.3, 0.4) is 0 Å². The van der Waals surface area contributed by atoms with E-state index in [1.807, 2.05) is 33.0 Å². The normalized spacial score (nSPS) is 13.6. The van der Waals surface area contributed by atoms with E-state index >= 15 is 0 Å². The number of nitrogens with zero attached hydrogens (tertiary/aromatic N) is 1. The molecule has 0 radical (unpaired) electrons. The van der Waals surface area contributed by atoms with Crippen LogP contribution >= 0.6 is 0 Å². The molecule has 0 amide bonds. The van der Waals surface area contributed by atoms with Gasteiger partial charge in [0.15, 0.2) is 0 Å². The summed E-state index contributed by atoms with van der Waals surface area (Å²) in [4.78, 5) is 0.433. The summed E-state index contributed by atoms with van der Waals surface area (Å²) in [7, 11) is 0.0650. The summed E-state index contributed by atoms with van der Waals surface area (Å²) in [6.45, 7) is 8.38. The van der Waals surface area contributed by atoms with E-state index in [0.29, 0.717) is 17.4 Å². The Hall–Kier alpha value is -1.07. The topological polar surface area (TPSA) is 49.4 Å². The summed E-state index contributed by atoms with van der Waals surface area (Å²) >= 11 is 0. The van der Waals surface area contributed by atoms with Crippen LogP contribution in [0.2, 0.25) is 0 Å². The van der Waals surface area contributed by atoms with Gasteiger partial charge in [-0.1, -0.05) is 20.3 Å². The highest BCUT2D eigenvalue weighted by Crippen LogP contribution is 2.27. The highest BCUT2D eigenvalue weighted by atomic mass is 32.2. The maximum Gasteiger partial charge on any atom is 0.243 e. The predicted octanol–water partition coefficient (Wildman–Crippen LogP) is 3.01. The second kappa shape index (κ2) is 6.59. The molecule has 0 aliphatic rings. The number of sulfonamides is 1. The number of aryl methyl sites for hydroxylation is 2. The van der Waals surface area contributed by atoms with Crippen LogP contribution in [0.1, 0.15) is 31.4 Å². The Morgan fingerprint density at radius 1 is 1.25 bits per heavy atom. The molecular weight excluding hydrogens is 272 g/mol. The first-order chi connectivity index (χ1) is 9.23. The van der Waals surface area contributed by atoms with Crippen LogP contribution in [-0.2, 0) is 10.0 Å². The Bertz CT molecular complexity index is 544. The first-order valence-corrected chi connectivity index (χ1v) is 8.43. The summed E-state index contributed by atoms with van der Waals surface area (Å²) in [6, 6.07) is 3.74. The van der Waals surface area contributed by atoms with E-state index in [-0.39, 0.29) is 0 Å². The van der Waals surface area contributed by atoms with Crippen molar-refractivity contribution in [1.29, 1.82) is 0 Å². The first kappa shape index (κ1) is 17.0. The second-order valence-corrected chi connectivity index (χ2v) is 7.47.